The minimum atomic E-state index is -1.05. The van der Waals surface area contributed by atoms with Crippen LogP contribution in [0.5, 0.6) is 0 Å². The second-order valence-electron chi connectivity index (χ2n) is 6.03. The molecule has 0 fully saturated rings. The van der Waals surface area contributed by atoms with Gasteiger partial charge in [0, 0.05) is 9.75 Å². The van der Waals surface area contributed by atoms with Crippen molar-refractivity contribution in [2.24, 2.45) is 5.92 Å². The molecule has 24 heavy (non-hydrogen) atoms. The molecule has 2 rings (SSSR count). The first-order chi connectivity index (χ1) is 11.4. The van der Waals surface area contributed by atoms with Crippen molar-refractivity contribution in [1.29, 1.82) is 0 Å². The number of carbonyl (C=O) groups excluding carboxylic acids is 1. The van der Waals surface area contributed by atoms with Crippen molar-refractivity contribution >= 4 is 28.8 Å². The summed E-state index contributed by atoms with van der Waals surface area (Å²) in [7, 11) is 0. The van der Waals surface area contributed by atoms with Gasteiger partial charge in [-0.3, -0.25) is 4.79 Å². The number of carboxylic acids is 1. The molecule has 4 nitrogen and oxygen atoms in total. The van der Waals surface area contributed by atoms with E-state index < -0.39 is 17.9 Å². The molecule has 5 heteroatoms. The van der Waals surface area contributed by atoms with Crippen molar-refractivity contribution in [2.75, 3.05) is 6.61 Å². The van der Waals surface area contributed by atoms with Crippen LogP contribution in [0.4, 0.5) is 0 Å². The molecule has 1 N–H and O–H groups in total. The number of hydrogen-bond acceptors (Lipinski definition) is 4. The Bertz CT molecular complexity index is 709. The number of hydrogen-bond donors (Lipinski definition) is 1. The summed E-state index contributed by atoms with van der Waals surface area (Å²) in [6.45, 7) is 7.74. The molecule has 0 bridgehead atoms. The number of carboxylic acid groups (broad SMARTS) is 1. The van der Waals surface area contributed by atoms with Gasteiger partial charge in [-0.2, -0.15) is 0 Å². The Kier molecular flexibility index (Phi) is 5.99. The molecule has 0 radical (unpaired) electrons. The lowest BCUT2D eigenvalue weighted by Gasteiger charge is -2.20. The maximum absolute atomic E-state index is 12.5. The molecule has 0 saturated carbocycles. The van der Waals surface area contributed by atoms with Gasteiger partial charge in [-0.05, 0) is 64.2 Å². The summed E-state index contributed by atoms with van der Waals surface area (Å²) in [5.41, 5.74) is 2.57. The van der Waals surface area contributed by atoms with Crippen molar-refractivity contribution in [3.8, 4) is 0 Å². The number of allylic oxidation sites excluding steroid dienone is 2. The molecule has 1 aromatic rings. The summed E-state index contributed by atoms with van der Waals surface area (Å²) in [6.07, 6.45) is 4.57. The fourth-order valence-electron chi connectivity index (χ4n) is 3.29. The van der Waals surface area contributed by atoms with E-state index in [1.54, 1.807) is 25.2 Å². The molecule has 1 unspecified atom stereocenters. The number of aliphatic carboxylic acids is 1. The van der Waals surface area contributed by atoms with E-state index in [9.17, 15) is 14.7 Å². The highest BCUT2D eigenvalue weighted by atomic mass is 32.1. The van der Waals surface area contributed by atoms with E-state index in [2.05, 4.69) is 0 Å². The third-order valence-electron chi connectivity index (χ3n) is 4.34. The van der Waals surface area contributed by atoms with E-state index in [4.69, 9.17) is 4.74 Å². The maximum Gasteiger partial charge on any atom is 0.333 e. The van der Waals surface area contributed by atoms with Gasteiger partial charge in [-0.1, -0.05) is 11.6 Å². The van der Waals surface area contributed by atoms with Crippen molar-refractivity contribution in [3.63, 3.8) is 0 Å². The third-order valence-corrected chi connectivity index (χ3v) is 5.30. The van der Waals surface area contributed by atoms with Gasteiger partial charge in [0.15, 0.2) is 0 Å². The van der Waals surface area contributed by atoms with Crippen molar-refractivity contribution < 1.29 is 19.4 Å². The van der Waals surface area contributed by atoms with Crippen LogP contribution in [0, 0.1) is 19.8 Å². The van der Waals surface area contributed by atoms with Gasteiger partial charge in [0.25, 0.3) is 0 Å². The highest BCUT2D eigenvalue weighted by Gasteiger charge is 2.35. The molecule has 1 aliphatic rings. The molecule has 0 spiro atoms. The van der Waals surface area contributed by atoms with Gasteiger partial charge >= 0.3 is 11.9 Å². The fraction of sp³-hybridized carbons (Fsp3) is 0.474. The average molecular weight is 348 g/mol. The Balaban J connectivity index is 2.60. The molecule has 130 valence electrons. The van der Waals surface area contributed by atoms with Crippen LogP contribution in [-0.2, 0) is 14.3 Å². The summed E-state index contributed by atoms with van der Waals surface area (Å²) < 4.78 is 5.19. The molecule has 0 aromatic carbocycles. The molecule has 0 amide bonds. The maximum atomic E-state index is 12.5. The minimum absolute atomic E-state index is 0.141. The van der Waals surface area contributed by atoms with Crippen LogP contribution < -0.4 is 0 Å². The van der Waals surface area contributed by atoms with E-state index in [-0.39, 0.29) is 12.2 Å². The zero-order chi connectivity index (χ0) is 17.9. The fourth-order valence-corrected chi connectivity index (χ4v) is 4.27. The van der Waals surface area contributed by atoms with E-state index in [1.165, 1.54) is 0 Å². The predicted octanol–water partition coefficient (Wildman–Crippen LogP) is 4.51. The molecule has 0 aliphatic heterocycles. The third kappa shape index (κ3) is 3.78. The zero-order valence-electron chi connectivity index (χ0n) is 14.6. The molecule has 0 saturated heterocycles. The second kappa shape index (κ2) is 7.79. The first kappa shape index (κ1) is 18.5. The van der Waals surface area contributed by atoms with Crippen LogP contribution in [0.15, 0.2) is 23.3 Å². The van der Waals surface area contributed by atoms with Crippen LogP contribution >= 0.6 is 11.3 Å². The van der Waals surface area contributed by atoms with Crippen molar-refractivity contribution in [3.05, 3.63) is 38.6 Å². The van der Waals surface area contributed by atoms with E-state index >= 15 is 0 Å². The van der Waals surface area contributed by atoms with Crippen LogP contribution in [0.1, 0.15) is 48.4 Å². The lowest BCUT2D eigenvalue weighted by Crippen LogP contribution is -2.26. The molecular weight excluding hydrogens is 324 g/mol. The smallest absolute Gasteiger partial charge is 0.333 e. The highest BCUT2D eigenvalue weighted by molar-refractivity contribution is 7.12. The SMILES string of the molecule is CCOC(=O)C(C1=CCCC1)/C(C(=O)O)=C(/C)c1cc(C)sc1C. The molecule has 1 atom stereocenters. The summed E-state index contributed by atoms with van der Waals surface area (Å²) in [4.78, 5) is 26.8. The monoisotopic (exact) mass is 348 g/mol. The Morgan fingerprint density at radius 1 is 1.38 bits per heavy atom. The lowest BCUT2D eigenvalue weighted by molar-refractivity contribution is -0.147. The topological polar surface area (TPSA) is 63.6 Å². The van der Waals surface area contributed by atoms with E-state index in [0.29, 0.717) is 5.57 Å². The van der Waals surface area contributed by atoms with Gasteiger partial charge < -0.3 is 9.84 Å². The Morgan fingerprint density at radius 3 is 2.54 bits per heavy atom. The molecule has 1 heterocycles. The predicted molar refractivity (Wildman–Crippen MR) is 96.1 cm³/mol. The van der Waals surface area contributed by atoms with Gasteiger partial charge in [0.05, 0.1) is 12.2 Å². The quantitative estimate of drug-likeness (QED) is 0.467. The van der Waals surface area contributed by atoms with E-state index in [0.717, 1.165) is 40.2 Å². The Morgan fingerprint density at radius 2 is 2.08 bits per heavy atom. The number of thiophene rings is 1. The second-order valence-corrected chi connectivity index (χ2v) is 7.49. The number of esters is 1. The standard InChI is InChI=1S/C19H24O4S/c1-5-23-19(22)17(14-8-6-7-9-14)16(18(20)21)12(3)15-10-11(2)24-13(15)4/h8,10,17H,5-7,9H2,1-4H3,(H,20,21)/b16-12+. The van der Waals surface area contributed by atoms with E-state index in [1.807, 2.05) is 26.0 Å². The number of rotatable bonds is 6. The molecule has 1 aromatic heterocycles. The summed E-state index contributed by atoms with van der Waals surface area (Å²) in [6, 6.07) is 1.99. The van der Waals surface area contributed by atoms with Gasteiger partial charge in [-0.25, -0.2) is 4.79 Å². The van der Waals surface area contributed by atoms with Gasteiger partial charge in [0.1, 0.15) is 5.92 Å². The first-order valence-electron chi connectivity index (χ1n) is 8.23. The number of aryl methyl sites for hydroxylation is 2. The van der Waals surface area contributed by atoms with Crippen LogP contribution in [0.25, 0.3) is 5.57 Å². The summed E-state index contributed by atoms with van der Waals surface area (Å²) >= 11 is 1.63. The number of carbonyl (C=O) groups is 2. The lowest BCUT2D eigenvalue weighted by atomic mass is 9.85. The van der Waals surface area contributed by atoms with Crippen LogP contribution in [-0.4, -0.2) is 23.7 Å². The molecular formula is C19H24O4S. The summed E-state index contributed by atoms with van der Waals surface area (Å²) in [5.74, 6) is -2.34. The minimum Gasteiger partial charge on any atom is -0.478 e. The normalized spacial score (nSPS) is 16.4. The van der Waals surface area contributed by atoms with Crippen molar-refractivity contribution in [2.45, 2.75) is 47.0 Å². The van der Waals surface area contributed by atoms with Crippen LogP contribution in [0.3, 0.4) is 0 Å². The van der Waals surface area contributed by atoms with Gasteiger partial charge in [0.2, 0.25) is 0 Å². The zero-order valence-corrected chi connectivity index (χ0v) is 15.5. The van der Waals surface area contributed by atoms with Crippen molar-refractivity contribution in [1.82, 2.24) is 0 Å². The Hall–Kier alpha value is -1.88. The summed E-state index contributed by atoms with van der Waals surface area (Å²) in [5, 5.41) is 9.86. The first-order valence-corrected chi connectivity index (χ1v) is 9.05. The highest BCUT2D eigenvalue weighted by Crippen LogP contribution is 2.37. The Labute approximate surface area is 146 Å². The number of ether oxygens (including phenoxy) is 1. The average Bonchev–Trinajstić information content (AvgIpc) is 3.13. The van der Waals surface area contributed by atoms with Gasteiger partial charge in [-0.15, -0.1) is 11.3 Å². The molecule has 1 aliphatic carbocycles. The largest absolute Gasteiger partial charge is 0.478 e. The van der Waals surface area contributed by atoms with Crippen LogP contribution in [0.2, 0.25) is 0 Å².